The van der Waals surface area contributed by atoms with Crippen LogP contribution < -0.4 is 0 Å². The summed E-state index contributed by atoms with van der Waals surface area (Å²) in [7, 11) is 0. The molecule has 0 spiro atoms. The molecule has 26 heavy (non-hydrogen) atoms. The van der Waals surface area contributed by atoms with Gasteiger partial charge in [0.05, 0.1) is 13.2 Å². The molecular formula is C24H24O2. The average Bonchev–Trinajstić information content (AvgIpc) is 3.17. The van der Waals surface area contributed by atoms with Crippen molar-refractivity contribution in [3.8, 4) is 0 Å². The number of ketones is 1. The molecule has 2 aromatic rings. The molecule has 2 nitrogen and oxygen atoms in total. The van der Waals surface area contributed by atoms with Gasteiger partial charge in [-0.1, -0.05) is 66.2 Å². The maximum Gasteiger partial charge on any atom is 0.160 e. The Bertz CT molecular complexity index is 849. The fourth-order valence-electron chi connectivity index (χ4n) is 4.43. The Morgan fingerprint density at radius 3 is 1.88 bits per heavy atom. The lowest BCUT2D eigenvalue weighted by atomic mass is 9.65. The lowest BCUT2D eigenvalue weighted by molar-refractivity contribution is -0.116. The van der Waals surface area contributed by atoms with Gasteiger partial charge in [0, 0.05) is 11.8 Å². The molecule has 0 amide bonds. The highest BCUT2D eigenvalue weighted by Crippen LogP contribution is 2.45. The highest BCUT2D eigenvalue weighted by molar-refractivity contribution is 5.98. The summed E-state index contributed by atoms with van der Waals surface area (Å²) in [5, 5.41) is 0. The van der Waals surface area contributed by atoms with Crippen molar-refractivity contribution in [1.29, 1.82) is 0 Å². The van der Waals surface area contributed by atoms with E-state index in [2.05, 4.69) is 55.5 Å². The summed E-state index contributed by atoms with van der Waals surface area (Å²) in [6.45, 7) is 5.35. The van der Waals surface area contributed by atoms with E-state index in [0.29, 0.717) is 19.6 Å². The van der Waals surface area contributed by atoms with Gasteiger partial charge in [0.1, 0.15) is 0 Å². The van der Waals surface area contributed by atoms with E-state index < -0.39 is 0 Å². The zero-order valence-electron chi connectivity index (χ0n) is 15.4. The highest BCUT2D eigenvalue weighted by atomic mass is 16.5. The van der Waals surface area contributed by atoms with Crippen LogP contribution in [0.3, 0.4) is 0 Å². The van der Waals surface area contributed by atoms with Crippen LogP contribution in [-0.4, -0.2) is 19.0 Å². The molecule has 1 aliphatic carbocycles. The Morgan fingerprint density at radius 2 is 1.31 bits per heavy atom. The van der Waals surface area contributed by atoms with Crippen LogP contribution in [0.1, 0.15) is 37.8 Å². The van der Waals surface area contributed by atoms with Gasteiger partial charge in [-0.25, -0.2) is 0 Å². The Balaban J connectivity index is 1.96. The molecule has 1 heterocycles. The van der Waals surface area contributed by atoms with E-state index in [1.54, 1.807) is 0 Å². The van der Waals surface area contributed by atoms with Crippen molar-refractivity contribution < 1.29 is 9.53 Å². The summed E-state index contributed by atoms with van der Waals surface area (Å²) in [6.07, 6.45) is 1.32. The monoisotopic (exact) mass is 344 g/mol. The van der Waals surface area contributed by atoms with Crippen LogP contribution >= 0.6 is 0 Å². The fourth-order valence-corrected chi connectivity index (χ4v) is 4.43. The molecule has 1 saturated heterocycles. The molecule has 0 saturated carbocycles. The van der Waals surface area contributed by atoms with Gasteiger partial charge in [-0.05, 0) is 48.1 Å². The van der Waals surface area contributed by atoms with Gasteiger partial charge < -0.3 is 4.74 Å². The van der Waals surface area contributed by atoms with Crippen molar-refractivity contribution in [3.63, 3.8) is 0 Å². The third kappa shape index (κ3) is 2.75. The summed E-state index contributed by atoms with van der Waals surface area (Å²) in [4.78, 5) is 13.2. The van der Waals surface area contributed by atoms with Gasteiger partial charge in [-0.3, -0.25) is 4.79 Å². The first-order chi connectivity index (χ1) is 12.6. The number of ether oxygens (including phenoxy) is 1. The van der Waals surface area contributed by atoms with Gasteiger partial charge in [0.15, 0.2) is 5.78 Å². The maximum absolute atomic E-state index is 13.2. The number of rotatable bonds is 2. The molecule has 2 aromatic carbocycles. The Kier molecular flexibility index (Phi) is 4.37. The average molecular weight is 344 g/mol. The smallest absolute Gasteiger partial charge is 0.160 e. The predicted molar refractivity (Wildman–Crippen MR) is 104 cm³/mol. The molecule has 0 atom stereocenters. The molecular weight excluding hydrogens is 320 g/mol. The highest BCUT2D eigenvalue weighted by Gasteiger charge is 2.40. The van der Waals surface area contributed by atoms with E-state index in [0.717, 1.165) is 17.6 Å². The number of hydrogen-bond acceptors (Lipinski definition) is 2. The van der Waals surface area contributed by atoms with Crippen LogP contribution in [0.5, 0.6) is 0 Å². The third-order valence-corrected chi connectivity index (χ3v) is 5.93. The van der Waals surface area contributed by atoms with Crippen molar-refractivity contribution in [2.75, 3.05) is 13.2 Å². The minimum Gasteiger partial charge on any atom is -0.372 e. The first-order valence-electron chi connectivity index (χ1n) is 9.22. The first-order valence-corrected chi connectivity index (χ1v) is 9.22. The van der Waals surface area contributed by atoms with Crippen LogP contribution in [-0.2, 0) is 14.9 Å². The summed E-state index contributed by atoms with van der Waals surface area (Å²) >= 11 is 0. The number of allylic oxidation sites excluding steroid dienone is 2. The van der Waals surface area contributed by atoms with Crippen LogP contribution in [0.4, 0.5) is 0 Å². The second-order valence-electron chi connectivity index (χ2n) is 7.45. The minimum absolute atomic E-state index is 0.225. The van der Waals surface area contributed by atoms with Crippen molar-refractivity contribution in [1.82, 2.24) is 0 Å². The van der Waals surface area contributed by atoms with Gasteiger partial charge in [0.2, 0.25) is 0 Å². The normalized spacial score (nSPS) is 25.5. The van der Waals surface area contributed by atoms with Crippen molar-refractivity contribution >= 4 is 5.78 Å². The van der Waals surface area contributed by atoms with Gasteiger partial charge in [-0.15, -0.1) is 0 Å². The molecule has 132 valence electrons. The van der Waals surface area contributed by atoms with E-state index >= 15 is 0 Å². The molecule has 0 N–H and O–H groups in total. The number of Topliss-reactive ketones (excluding diaryl/α,β-unsaturated/α-hetero) is 1. The molecule has 2 aliphatic rings. The quantitative estimate of drug-likeness (QED) is 0.766. The van der Waals surface area contributed by atoms with Crippen LogP contribution in [0.15, 0.2) is 83.0 Å². The zero-order valence-corrected chi connectivity index (χ0v) is 15.4. The second kappa shape index (κ2) is 6.69. The topological polar surface area (TPSA) is 26.3 Å². The van der Waals surface area contributed by atoms with E-state index in [1.165, 1.54) is 22.3 Å². The maximum atomic E-state index is 13.2. The molecule has 1 aliphatic heterocycles. The first kappa shape index (κ1) is 17.0. The summed E-state index contributed by atoms with van der Waals surface area (Å²) in [5.74, 6) is 0.225. The number of carbonyl (C=O) groups excluding carboxylic acids is 1. The lowest BCUT2D eigenvalue weighted by Gasteiger charge is -2.37. The number of carbonyl (C=O) groups is 1. The largest absolute Gasteiger partial charge is 0.372 e. The summed E-state index contributed by atoms with van der Waals surface area (Å²) in [6, 6.07) is 21.0. The summed E-state index contributed by atoms with van der Waals surface area (Å²) in [5.41, 5.74) is 6.61. The molecule has 0 radical (unpaired) electrons. The summed E-state index contributed by atoms with van der Waals surface area (Å²) < 4.78 is 5.70. The van der Waals surface area contributed by atoms with Gasteiger partial charge in [0.25, 0.3) is 0 Å². The Labute approximate surface area is 155 Å². The zero-order chi connectivity index (χ0) is 18.1. The van der Waals surface area contributed by atoms with Gasteiger partial charge >= 0.3 is 0 Å². The number of fused-ring (bicyclic) bond motifs is 1. The number of benzene rings is 2. The minimum atomic E-state index is -0.341. The van der Waals surface area contributed by atoms with Crippen LogP contribution in [0.25, 0.3) is 0 Å². The second-order valence-corrected chi connectivity index (χ2v) is 7.45. The van der Waals surface area contributed by atoms with E-state index in [-0.39, 0.29) is 11.2 Å². The Morgan fingerprint density at radius 1 is 0.769 bits per heavy atom. The predicted octanol–water partition coefficient (Wildman–Crippen LogP) is 5.00. The molecule has 4 rings (SSSR count). The van der Waals surface area contributed by atoms with Crippen molar-refractivity contribution in [3.05, 3.63) is 94.1 Å². The SMILES string of the molecule is C/C1=C2\COC\C2=C(/C)C(=O)CC(c2ccccc2)(c2ccccc2)C1. The van der Waals surface area contributed by atoms with Crippen molar-refractivity contribution in [2.24, 2.45) is 0 Å². The lowest BCUT2D eigenvalue weighted by Crippen LogP contribution is -2.33. The standard InChI is InChI=1S/C24H24O2/c1-17-13-24(19-9-5-3-6-10-19,20-11-7-4-8-12-20)14-23(25)18(2)22-16-26-15-21(17)22/h3-12H,13-16H2,1-2H3/b21-17-,22-18-. The fraction of sp³-hybridized carbons (Fsp3) is 0.292. The number of hydrogen-bond donors (Lipinski definition) is 0. The van der Waals surface area contributed by atoms with E-state index in [4.69, 9.17) is 4.74 Å². The Hall–Kier alpha value is -2.45. The van der Waals surface area contributed by atoms with Crippen molar-refractivity contribution in [2.45, 2.75) is 32.1 Å². The van der Waals surface area contributed by atoms with E-state index in [1.807, 2.05) is 19.1 Å². The molecule has 0 unspecified atom stereocenters. The van der Waals surface area contributed by atoms with Gasteiger partial charge in [-0.2, -0.15) is 0 Å². The van der Waals surface area contributed by atoms with Crippen LogP contribution in [0, 0.1) is 0 Å². The molecule has 0 aromatic heterocycles. The van der Waals surface area contributed by atoms with E-state index in [9.17, 15) is 4.79 Å². The van der Waals surface area contributed by atoms with Crippen LogP contribution in [0.2, 0.25) is 0 Å². The molecule has 1 fully saturated rings. The third-order valence-electron chi connectivity index (χ3n) is 5.93. The molecule has 2 heteroatoms. The molecule has 0 bridgehead atoms.